The first-order valence-corrected chi connectivity index (χ1v) is 5.84. The first kappa shape index (κ1) is 13.2. The van der Waals surface area contributed by atoms with Crippen LogP contribution in [0.4, 0.5) is 0 Å². The van der Waals surface area contributed by atoms with Gasteiger partial charge in [-0.1, -0.05) is 18.2 Å². The van der Waals surface area contributed by atoms with Crippen molar-refractivity contribution in [2.45, 2.75) is 18.7 Å². The maximum absolute atomic E-state index is 11.7. The van der Waals surface area contributed by atoms with Crippen LogP contribution in [0, 0.1) is 0 Å². The molecule has 0 saturated carbocycles. The van der Waals surface area contributed by atoms with Crippen molar-refractivity contribution >= 4 is 39.3 Å². The Morgan fingerprint density at radius 3 is 2.62 bits per heavy atom. The molecule has 0 fully saturated rings. The van der Waals surface area contributed by atoms with Crippen molar-refractivity contribution in [3.8, 4) is 0 Å². The highest BCUT2D eigenvalue weighted by atomic mass is 79.9. The third-order valence-electron chi connectivity index (χ3n) is 2.05. The lowest BCUT2D eigenvalue weighted by atomic mass is 10.0. The third kappa shape index (κ3) is 3.06. The Hall–Kier alpha value is -0.870. The molecule has 1 N–H and O–H groups in total. The number of benzene rings is 1. The van der Waals surface area contributed by atoms with Gasteiger partial charge in [0, 0.05) is 10.0 Å². The topological polar surface area (TPSA) is 54.4 Å². The molecule has 0 aliphatic heterocycles. The van der Waals surface area contributed by atoms with E-state index >= 15 is 0 Å². The monoisotopic (exact) mass is 304 g/mol. The summed E-state index contributed by atoms with van der Waals surface area (Å²) in [5.41, 5.74) is 0.983. The van der Waals surface area contributed by atoms with Crippen molar-refractivity contribution in [1.82, 2.24) is 0 Å². The highest BCUT2D eigenvalue weighted by Crippen LogP contribution is 2.24. The summed E-state index contributed by atoms with van der Waals surface area (Å²) < 4.78 is 0.509. The summed E-state index contributed by atoms with van der Waals surface area (Å²) in [6.07, 6.45) is -0.127. The first-order valence-electron chi connectivity index (χ1n) is 4.61. The molecule has 1 unspecified atom stereocenters. The zero-order valence-corrected chi connectivity index (χ0v) is 10.9. The van der Waals surface area contributed by atoms with Crippen LogP contribution in [0.5, 0.6) is 0 Å². The molecule has 3 nitrogen and oxygen atoms in total. The van der Waals surface area contributed by atoms with E-state index < -0.39 is 11.3 Å². The van der Waals surface area contributed by atoms with Crippen molar-refractivity contribution in [3.05, 3.63) is 33.8 Å². The van der Waals surface area contributed by atoms with E-state index in [0.29, 0.717) is 15.6 Å². The molecular formula is C11H10BrClO3. The van der Waals surface area contributed by atoms with Crippen molar-refractivity contribution < 1.29 is 14.7 Å². The number of carboxylic acid groups (broad SMARTS) is 1. The Balaban J connectivity index is 3.13. The summed E-state index contributed by atoms with van der Waals surface area (Å²) in [7, 11) is 0. The van der Waals surface area contributed by atoms with Gasteiger partial charge in [-0.05, 0) is 28.4 Å². The van der Waals surface area contributed by atoms with E-state index in [2.05, 4.69) is 15.9 Å². The first-order chi connectivity index (χ1) is 7.43. The quantitative estimate of drug-likeness (QED) is 0.687. The van der Waals surface area contributed by atoms with Crippen molar-refractivity contribution in [2.75, 3.05) is 0 Å². The van der Waals surface area contributed by atoms with Gasteiger partial charge in [0.1, 0.15) is 0 Å². The summed E-state index contributed by atoms with van der Waals surface area (Å²) in [6, 6.07) is 4.93. The lowest BCUT2D eigenvalue weighted by Crippen LogP contribution is -2.12. The number of halogens is 2. The van der Waals surface area contributed by atoms with Gasteiger partial charge in [0.05, 0.1) is 11.8 Å². The van der Waals surface area contributed by atoms with Gasteiger partial charge in [-0.2, -0.15) is 0 Å². The minimum Gasteiger partial charge on any atom is -0.481 e. The number of carboxylic acids is 1. The smallest absolute Gasteiger partial charge is 0.307 e. The van der Waals surface area contributed by atoms with E-state index in [4.69, 9.17) is 16.7 Å². The minimum atomic E-state index is -0.941. The average Bonchev–Trinajstić information content (AvgIpc) is 2.19. The molecule has 0 spiro atoms. The van der Waals surface area contributed by atoms with E-state index in [1.807, 2.05) is 0 Å². The fraction of sp³-hybridized carbons (Fsp3) is 0.273. The number of hydrogen-bond acceptors (Lipinski definition) is 2. The Morgan fingerprint density at radius 1 is 1.50 bits per heavy atom. The Kier molecular flexibility index (Phi) is 4.50. The number of hydrogen-bond donors (Lipinski definition) is 1. The molecule has 1 atom stereocenters. The number of carbonyl (C=O) groups excluding carboxylic acids is 1. The zero-order chi connectivity index (χ0) is 12.3. The minimum absolute atomic E-state index is 0.127. The molecule has 0 aliphatic carbocycles. The van der Waals surface area contributed by atoms with Crippen molar-refractivity contribution in [3.63, 3.8) is 0 Å². The van der Waals surface area contributed by atoms with Crippen LogP contribution in [0.2, 0.25) is 0 Å². The molecule has 0 aliphatic rings. The summed E-state index contributed by atoms with van der Waals surface area (Å²) in [4.78, 5) is 22.3. The van der Waals surface area contributed by atoms with Crippen LogP contribution in [0.25, 0.3) is 0 Å². The van der Waals surface area contributed by atoms with Crippen LogP contribution in [-0.2, 0) is 11.2 Å². The largest absolute Gasteiger partial charge is 0.481 e. The van der Waals surface area contributed by atoms with Gasteiger partial charge in [0.2, 0.25) is 0 Å². The van der Waals surface area contributed by atoms with E-state index in [9.17, 15) is 9.59 Å². The molecule has 0 heterocycles. The van der Waals surface area contributed by atoms with Gasteiger partial charge >= 0.3 is 5.97 Å². The maximum Gasteiger partial charge on any atom is 0.307 e. The lowest BCUT2D eigenvalue weighted by molar-refractivity contribution is -0.136. The van der Waals surface area contributed by atoms with Crippen molar-refractivity contribution in [1.29, 1.82) is 0 Å². The number of alkyl halides is 1. The molecule has 0 bridgehead atoms. The molecule has 0 aromatic heterocycles. The maximum atomic E-state index is 11.7. The molecule has 86 valence electrons. The second-order valence-corrected chi connectivity index (χ2v) is 4.78. The van der Waals surface area contributed by atoms with Gasteiger partial charge in [-0.3, -0.25) is 9.59 Å². The molecular weight excluding hydrogens is 295 g/mol. The standard InChI is InChI=1S/C11H10BrClO3/c1-6(13)11(16)8-4-2-3-7(10(8)12)5-9(14)15/h2-4,6H,5H2,1H3,(H,14,15). The van der Waals surface area contributed by atoms with Crippen LogP contribution in [0.15, 0.2) is 22.7 Å². The second-order valence-electron chi connectivity index (χ2n) is 3.33. The second kappa shape index (κ2) is 5.46. The molecule has 0 amide bonds. The highest BCUT2D eigenvalue weighted by Gasteiger charge is 2.17. The number of carbonyl (C=O) groups is 2. The van der Waals surface area contributed by atoms with Gasteiger partial charge in [-0.15, -0.1) is 11.6 Å². The molecule has 16 heavy (non-hydrogen) atoms. The molecule has 0 saturated heterocycles. The van der Waals surface area contributed by atoms with Crippen LogP contribution in [0.3, 0.4) is 0 Å². The average molecular weight is 306 g/mol. The molecule has 5 heteroatoms. The SMILES string of the molecule is CC(Cl)C(=O)c1cccc(CC(=O)O)c1Br. The Morgan fingerprint density at radius 2 is 2.12 bits per heavy atom. The summed E-state index contributed by atoms with van der Waals surface area (Å²) in [5, 5.41) is 8.07. The third-order valence-corrected chi connectivity index (χ3v) is 3.18. The molecule has 1 rings (SSSR count). The number of aliphatic carboxylic acids is 1. The summed E-state index contributed by atoms with van der Waals surface area (Å²) in [6.45, 7) is 1.58. The van der Waals surface area contributed by atoms with Crippen LogP contribution >= 0.6 is 27.5 Å². The number of ketones is 1. The lowest BCUT2D eigenvalue weighted by Gasteiger charge is -2.08. The molecule has 1 aromatic carbocycles. The van der Waals surface area contributed by atoms with E-state index in [1.54, 1.807) is 25.1 Å². The number of Topliss-reactive ketones (excluding diaryl/α,β-unsaturated/α-hetero) is 1. The molecule has 0 radical (unpaired) electrons. The summed E-state index contributed by atoms with van der Waals surface area (Å²) >= 11 is 8.94. The fourth-order valence-corrected chi connectivity index (χ4v) is 2.00. The van der Waals surface area contributed by atoms with Gasteiger partial charge in [0.15, 0.2) is 5.78 Å². The normalized spacial score (nSPS) is 12.2. The zero-order valence-electron chi connectivity index (χ0n) is 8.54. The fourth-order valence-electron chi connectivity index (χ4n) is 1.28. The highest BCUT2D eigenvalue weighted by molar-refractivity contribution is 9.10. The predicted molar refractivity (Wildman–Crippen MR) is 65.1 cm³/mol. The van der Waals surface area contributed by atoms with Crippen LogP contribution in [0.1, 0.15) is 22.8 Å². The predicted octanol–water partition coefficient (Wildman–Crippen LogP) is 2.89. The van der Waals surface area contributed by atoms with E-state index in [-0.39, 0.29) is 12.2 Å². The Labute approximate surface area is 107 Å². The van der Waals surface area contributed by atoms with E-state index in [0.717, 1.165) is 0 Å². The molecule has 1 aromatic rings. The van der Waals surface area contributed by atoms with Crippen LogP contribution in [-0.4, -0.2) is 22.2 Å². The van der Waals surface area contributed by atoms with Crippen LogP contribution < -0.4 is 0 Å². The van der Waals surface area contributed by atoms with Gasteiger partial charge in [-0.25, -0.2) is 0 Å². The Bertz CT molecular complexity index is 429. The van der Waals surface area contributed by atoms with Gasteiger partial charge < -0.3 is 5.11 Å². The van der Waals surface area contributed by atoms with Gasteiger partial charge in [0.25, 0.3) is 0 Å². The summed E-state index contributed by atoms with van der Waals surface area (Å²) in [5.74, 6) is -1.16. The number of rotatable bonds is 4. The van der Waals surface area contributed by atoms with Crippen molar-refractivity contribution in [2.24, 2.45) is 0 Å². The van der Waals surface area contributed by atoms with E-state index in [1.165, 1.54) is 0 Å².